The van der Waals surface area contributed by atoms with Gasteiger partial charge in [0.1, 0.15) is 0 Å². The minimum Gasteiger partial charge on any atom is -0.379 e. The lowest BCUT2D eigenvalue weighted by atomic mass is 10.0. The second-order valence-electron chi connectivity index (χ2n) is 7.71. The van der Waals surface area contributed by atoms with Gasteiger partial charge in [0.05, 0.1) is 24.6 Å². The lowest BCUT2D eigenvalue weighted by Gasteiger charge is -2.27. The largest absolute Gasteiger partial charge is 0.379 e. The van der Waals surface area contributed by atoms with Gasteiger partial charge in [-0.2, -0.15) is 0 Å². The fourth-order valence-corrected chi connectivity index (χ4v) is 4.57. The number of aromatic nitrogens is 1. The van der Waals surface area contributed by atoms with Crippen LogP contribution in [0, 0.1) is 20.8 Å². The van der Waals surface area contributed by atoms with Gasteiger partial charge in [-0.05, 0) is 55.2 Å². The van der Waals surface area contributed by atoms with E-state index in [2.05, 4.69) is 78.1 Å². The molecule has 1 aliphatic rings. The van der Waals surface area contributed by atoms with Crippen LogP contribution in [0.25, 0.3) is 11.3 Å². The summed E-state index contributed by atoms with van der Waals surface area (Å²) in [5, 5.41) is 2.25. The van der Waals surface area contributed by atoms with E-state index in [0.29, 0.717) is 0 Å². The summed E-state index contributed by atoms with van der Waals surface area (Å²) in [4.78, 5) is 8.57. The minimum absolute atomic E-state index is 0.832. The molecule has 0 aliphatic carbocycles. The summed E-state index contributed by atoms with van der Waals surface area (Å²) in [6.07, 6.45) is 0. The second kappa shape index (κ2) is 9.08. The van der Waals surface area contributed by atoms with E-state index in [4.69, 9.17) is 9.73 Å². The van der Waals surface area contributed by atoms with Crippen molar-refractivity contribution in [3.63, 3.8) is 0 Å². The lowest BCUT2D eigenvalue weighted by Crippen LogP contribution is -2.39. The fourth-order valence-electron chi connectivity index (χ4n) is 3.62. The van der Waals surface area contributed by atoms with Crippen LogP contribution < -0.4 is 4.80 Å². The first-order valence-corrected chi connectivity index (χ1v) is 11.2. The quantitative estimate of drug-likeness (QED) is 0.613. The van der Waals surface area contributed by atoms with Crippen molar-refractivity contribution in [1.82, 2.24) is 9.47 Å². The van der Waals surface area contributed by atoms with Crippen LogP contribution in [0.2, 0.25) is 0 Å². The molecule has 0 spiro atoms. The Morgan fingerprint density at radius 3 is 2.48 bits per heavy atom. The molecule has 3 aromatic rings. The predicted octanol–water partition coefficient (Wildman–Crippen LogP) is 4.71. The van der Waals surface area contributed by atoms with Crippen LogP contribution in [-0.4, -0.2) is 42.3 Å². The van der Waals surface area contributed by atoms with Gasteiger partial charge in [0, 0.05) is 31.6 Å². The molecule has 0 bridgehead atoms. The zero-order valence-electron chi connectivity index (χ0n) is 17.5. The number of morpholine rings is 1. The smallest absolute Gasteiger partial charge is 0.190 e. The van der Waals surface area contributed by atoms with Crippen LogP contribution in [0.1, 0.15) is 16.7 Å². The molecule has 5 heteroatoms. The van der Waals surface area contributed by atoms with Crippen molar-refractivity contribution < 1.29 is 4.74 Å². The second-order valence-corrected chi connectivity index (χ2v) is 8.54. The number of para-hydroxylation sites is 1. The van der Waals surface area contributed by atoms with Gasteiger partial charge in [0.25, 0.3) is 0 Å². The molecule has 1 saturated heterocycles. The zero-order chi connectivity index (χ0) is 20.2. The van der Waals surface area contributed by atoms with Crippen LogP contribution in [-0.2, 0) is 11.3 Å². The molecule has 0 radical (unpaired) electrons. The third-order valence-electron chi connectivity index (χ3n) is 5.68. The number of aryl methyl sites for hydroxylation is 3. The molecule has 2 aromatic carbocycles. The van der Waals surface area contributed by atoms with Crippen LogP contribution >= 0.6 is 11.3 Å². The molecule has 1 aromatic heterocycles. The molecule has 0 saturated carbocycles. The van der Waals surface area contributed by atoms with E-state index in [1.807, 2.05) is 0 Å². The van der Waals surface area contributed by atoms with Crippen molar-refractivity contribution in [2.75, 3.05) is 32.8 Å². The molecule has 0 amide bonds. The highest BCUT2D eigenvalue weighted by Crippen LogP contribution is 2.24. The molecule has 0 unspecified atom stereocenters. The Labute approximate surface area is 177 Å². The number of ether oxygens (including phenoxy) is 1. The van der Waals surface area contributed by atoms with Crippen molar-refractivity contribution in [2.45, 2.75) is 27.3 Å². The van der Waals surface area contributed by atoms with E-state index in [0.717, 1.165) is 49.9 Å². The fraction of sp³-hybridized carbons (Fsp3) is 0.375. The molecule has 1 aliphatic heterocycles. The molecule has 0 N–H and O–H groups in total. The zero-order valence-corrected chi connectivity index (χ0v) is 18.3. The van der Waals surface area contributed by atoms with E-state index in [9.17, 15) is 0 Å². The lowest BCUT2D eigenvalue weighted by molar-refractivity contribution is 0.0363. The van der Waals surface area contributed by atoms with Gasteiger partial charge in [-0.15, -0.1) is 11.3 Å². The third-order valence-corrected chi connectivity index (χ3v) is 6.54. The van der Waals surface area contributed by atoms with Crippen LogP contribution in [0.5, 0.6) is 0 Å². The van der Waals surface area contributed by atoms with Gasteiger partial charge in [0.2, 0.25) is 0 Å². The van der Waals surface area contributed by atoms with Crippen LogP contribution in [0.15, 0.2) is 52.8 Å². The maximum atomic E-state index is 5.51. The highest BCUT2D eigenvalue weighted by molar-refractivity contribution is 7.07. The molecular weight excluding hydrogens is 378 g/mol. The highest BCUT2D eigenvalue weighted by Gasteiger charge is 2.14. The predicted molar refractivity (Wildman–Crippen MR) is 121 cm³/mol. The average Bonchev–Trinajstić information content (AvgIpc) is 3.13. The Balaban J connectivity index is 1.73. The van der Waals surface area contributed by atoms with Gasteiger partial charge >= 0.3 is 0 Å². The minimum atomic E-state index is 0.832. The highest BCUT2D eigenvalue weighted by atomic mass is 32.1. The van der Waals surface area contributed by atoms with Gasteiger partial charge in [0.15, 0.2) is 4.80 Å². The Morgan fingerprint density at radius 2 is 1.72 bits per heavy atom. The van der Waals surface area contributed by atoms with Crippen molar-refractivity contribution in [2.24, 2.45) is 4.99 Å². The van der Waals surface area contributed by atoms with E-state index < -0.39 is 0 Å². The number of nitrogens with zero attached hydrogens (tertiary/aromatic N) is 3. The molecule has 4 rings (SSSR count). The number of rotatable bonds is 5. The Kier molecular flexibility index (Phi) is 6.28. The van der Waals surface area contributed by atoms with Crippen molar-refractivity contribution in [3.8, 4) is 11.3 Å². The maximum absolute atomic E-state index is 5.51. The molecular formula is C24H29N3OS. The van der Waals surface area contributed by atoms with Gasteiger partial charge in [-0.1, -0.05) is 30.3 Å². The van der Waals surface area contributed by atoms with Crippen molar-refractivity contribution in [3.05, 3.63) is 69.3 Å². The van der Waals surface area contributed by atoms with Crippen LogP contribution in [0.3, 0.4) is 0 Å². The topological polar surface area (TPSA) is 29.8 Å². The molecule has 0 atom stereocenters. The summed E-state index contributed by atoms with van der Waals surface area (Å²) in [7, 11) is 0. The number of benzene rings is 2. The molecule has 4 nitrogen and oxygen atoms in total. The van der Waals surface area contributed by atoms with Crippen molar-refractivity contribution >= 4 is 17.0 Å². The Morgan fingerprint density at radius 1 is 0.931 bits per heavy atom. The SMILES string of the molecule is Cc1ccc(-c2csc(=Nc3ccccc3C)n2CCN2CCOCC2)cc1C. The van der Waals surface area contributed by atoms with Crippen LogP contribution in [0.4, 0.5) is 5.69 Å². The average molecular weight is 408 g/mol. The summed E-state index contributed by atoms with van der Waals surface area (Å²) < 4.78 is 7.89. The summed E-state index contributed by atoms with van der Waals surface area (Å²) in [5.74, 6) is 0. The van der Waals surface area contributed by atoms with E-state index in [1.165, 1.54) is 27.9 Å². The first kappa shape index (κ1) is 20.1. The summed E-state index contributed by atoms with van der Waals surface area (Å²) >= 11 is 1.72. The van der Waals surface area contributed by atoms with Crippen molar-refractivity contribution in [1.29, 1.82) is 0 Å². The summed E-state index contributed by atoms with van der Waals surface area (Å²) in [6, 6.07) is 15.1. The monoisotopic (exact) mass is 407 g/mol. The summed E-state index contributed by atoms with van der Waals surface area (Å²) in [5.41, 5.74) is 7.41. The van der Waals surface area contributed by atoms with Gasteiger partial charge in [-0.3, -0.25) is 4.90 Å². The maximum Gasteiger partial charge on any atom is 0.190 e. The van der Waals surface area contributed by atoms with E-state index in [-0.39, 0.29) is 0 Å². The first-order valence-electron chi connectivity index (χ1n) is 10.3. The van der Waals surface area contributed by atoms with Gasteiger partial charge in [-0.25, -0.2) is 4.99 Å². The molecule has 152 valence electrons. The Hall–Kier alpha value is -2.21. The molecule has 2 heterocycles. The number of hydrogen-bond acceptors (Lipinski definition) is 4. The van der Waals surface area contributed by atoms with E-state index in [1.54, 1.807) is 11.3 Å². The number of thiazole rings is 1. The standard InChI is InChI=1S/C24H29N3OS/c1-18-8-9-21(16-20(18)3)23-17-29-24(25-22-7-5-4-6-19(22)2)27(23)11-10-26-12-14-28-15-13-26/h4-9,16-17H,10-15H2,1-3H3. The van der Waals surface area contributed by atoms with Gasteiger partial charge < -0.3 is 9.30 Å². The first-order chi connectivity index (χ1) is 14.1. The third kappa shape index (κ3) is 4.69. The summed E-state index contributed by atoms with van der Waals surface area (Å²) in [6.45, 7) is 12.1. The Bertz CT molecular complexity index is 1040. The molecule has 29 heavy (non-hydrogen) atoms. The normalized spacial score (nSPS) is 15.8. The van der Waals surface area contributed by atoms with E-state index >= 15 is 0 Å². The number of hydrogen-bond donors (Lipinski definition) is 0. The molecule has 1 fully saturated rings.